The highest BCUT2D eigenvalue weighted by molar-refractivity contribution is 6.34. The first kappa shape index (κ1) is 28.3. The minimum atomic E-state index is 0.577. The summed E-state index contributed by atoms with van der Waals surface area (Å²) in [6.07, 6.45) is 9.24. The molecule has 1 N–H and O–H groups in total. The average Bonchev–Trinajstić information content (AvgIpc) is 3.47. The third-order valence-electron chi connectivity index (χ3n) is 8.66. The van der Waals surface area contributed by atoms with Crippen molar-refractivity contribution in [1.29, 1.82) is 0 Å². The molecule has 3 aromatic carbocycles. The van der Waals surface area contributed by atoms with Crippen molar-refractivity contribution in [2.24, 2.45) is 0 Å². The van der Waals surface area contributed by atoms with Gasteiger partial charge in [-0.2, -0.15) is 0 Å². The highest BCUT2D eigenvalue weighted by Crippen LogP contribution is 2.38. The van der Waals surface area contributed by atoms with E-state index in [0.717, 1.165) is 75.1 Å². The Morgan fingerprint density at radius 3 is 2.52 bits per heavy atom. The molecule has 7 rings (SSSR count). The molecule has 7 heteroatoms. The summed E-state index contributed by atoms with van der Waals surface area (Å²) in [6.45, 7) is 11.3. The molecule has 4 heterocycles. The number of rotatable bonds is 7. The maximum atomic E-state index is 6.73. The lowest BCUT2D eigenvalue weighted by Crippen LogP contribution is -2.29. The zero-order valence-electron chi connectivity index (χ0n) is 25.0. The summed E-state index contributed by atoms with van der Waals surface area (Å²) in [7, 11) is 0. The van der Waals surface area contributed by atoms with Crippen molar-refractivity contribution in [2.45, 2.75) is 39.7 Å². The fourth-order valence-corrected chi connectivity index (χ4v) is 6.53. The average molecular weight is 600 g/mol. The number of benzene rings is 3. The smallest absolute Gasteiger partial charge is 0.227 e. The number of fused-ring (bicyclic) bond motifs is 2. The van der Waals surface area contributed by atoms with Gasteiger partial charge in [-0.1, -0.05) is 54.9 Å². The van der Waals surface area contributed by atoms with Crippen LogP contribution in [0.4, 0.5) is 11.5 Å². The van der Waals surface area contributed by atoms with E-state index in [2.05, 4.69) is 89.1 Å². The maximum absolute atomic E-state index is 6.73. The number of piperidine rings is 1. The fourth-order valence-electron chi connectivity index (χ4n) is 6.26. The summed E-state index contributed by atoms with van der Waals surface area (Å²) >= 11 is 6.73. The van der Waals surface area contributed by atoms with Crippen molar-refractivity contribution in [3.8, 4) is 22.6 Å². The van der Waals surface area contributed by atoms with Crippen LogP contribution in [0.2, 0.25) is 5.02 Å². The van der Waals surface area contributed by atoms with Crippen molar-refractivity contribution < 1.29 is 4.42 Å². The first-order valence-corrected chi connectivity index (χ1v) is 15.5. The Morgan fingerprint density at radius 2 is 1.70 bits per heavy atom. The van der Waals surface area contributed by atoms with E-state index in [1.165, 1.54) is 24.8 Å². The summed E-state index contributed by atoms with van der Waals surface area (Å²) in [5, 5.41) is 5.15. The monoisotopic (exact) mass is 599 g/mol. The molecule has 1 fully saturated rings. The van der Waals surface area contributed by atoms with E-state index >= 15 is 0 Å². The Labute approximate surface area is 262 Å². The molecule has 1 aliphatic heterocycles. The van der Waals surface area contributed by atoms with Crippen LogP contribution in [0.25, 0.3) is 50.7 Å². The molecule has 6 nitrogen and oxygen atoms in total. The lowest BCUT2D eigenvalue weighted by Gasteiger charge is -2.26. The lowest BCUT2D eigenvalue weighted by atomic mass is 9.93. The predicted octanol–water partition coefficient (Wildman–Crippen LogP) is 9.75. The van der Waals surface area contributed by atoms with Gasteiger partial charge in [-0.15, -0.1) is 0 Å². The molecule has 0 aliphatic carbocycles. The van der Waals surface area contributed by atoms with Crippen LogP contribution in [-0.2, 0) is 6.54 Å². The number of halogens is 1. The van der Waals surface area contributed by atoms with Crippen LogP contribution in [0.3, 0.4) is 0 Å². The van der Waals surface area contributed by atoms with Gasteiger partial charge in [-0.05, 0) is 110 Å². The molecule has 3 aromatic heterocycles. The van der Waals surface area contributed by atoms with E-state index < -0.39 is 0 Å². The molecule has 0 saturated carbocycles. The Balaban J connectivity index is 1.22. The van der Waals surface area contributed by atoms with Crippen LogP contribution in [-0.4, -0.2) is 32.9 Å². The van der Waals surface area contributed by atoms with Crippen LogP contribution in [0.15, 0.2) is 84.1 Å². The molecule has 6 aromatic rings. The summed E-state index contributed by atoms with van der Waals surface area (Å²) in [4.78, 5) is 16.7. The summed E-state index contributed by atoms with van der Waals surface area (Å²) in [5.41, 5.74) is 10.7. The molecule has 0 amide bonds. The van der Waals surface area contributed by atoms with Gasteiger partial charge in [0.1, 0.15) is 11.0 Å². The molecule has 0 unspecified atom stereocenters. The van der Waals surface area contributed by atoms with Crippen LogP contribution in [0.1, 0.15) is 41.5 Å². The molecular weight excluding hydrogens is 566 g/mol. The number of hydrogen-bond donors (Lipinski definition) is 1. The molecule has 0 bridgehead atoms. The summed E-state index contributed by atoms with van der Waals surface area (Å²) in [6, 6.07) is 20.7. The largest absolute Gasteiger partial charge is 0.434 e. The zero-order chi connectivity index (χ0) is 30.2. The number of hydrogen-bond acceptors (Lipinski definition) is 6. The van der Waals surface area contributed by atoms with Gasteiger partial charge in [0, 0.05) is 35.6 Å². The number of oxazole rings is 1. The lowest BCUT2D eigenvalue weighted by molar-refractivity contribution is 0.221. The Hall–Kier alpha value is -4.52. The van der Waals surface area contributed by atoms with Crippen molar-refractivity contribution in [2.75, 3.05) is 18.4 Å². The van der Waals surface area contributed by atoms with Crippen molar-refractivity contribution in [3.05, 3.63) is 107 Å². The van der Waals surface area contributed by atoms with Crippen LogP contribution < -0.4 is 5.32 Å². The molecular formula is C37H34ClN5O. The summed E-state index contributed by atoms with van der Waals surface area (Å²) in [5.74, 6) is 1.29. The van der Waals surface area contributed by atoms with Crippen LogP contribution in [0.5, 0.6) is 0 Å². The van der Waals surface area contributed by atoms with E-state index in [4.69, 9.17) is 21.0 Å². The van der Waals surface area contributed by atoms with E-state index in [9.17, 15) is 0 Å². The number of anilines is 2. The zero-order valence-corrected chi connectivity index (χ0v) is 25.8. The van der Waals surface area contributed by atoms with Gasteiger partial charge < -0.3 is 9.73 Å². The van der Waals surface area contributed by atoms with Gasteiger partial charge >= 0.3 is 0 Å². The van der Waals surface area contributed by atoms with Gasteiger partial charge in [0.25, 0.3) is 0 Å². The van der Waals surface area contributed by atoms with Crippen LogP contribution >= 0.6 is 11.6 Å². The van der Waals surface area contributed by atoms with Crippen molar-refractivity contribution in [1.82, 2.24) is 19.9 Å². The second-order valence-corrected chi connectivity index (χ2v) is 12.0. The quantitative estimate of drug-likeness (QED) is 0.197. The normalized spacial score (nSPS) is 13.9. The van der Waals surface area contributed by atoms with Crippen molar-refractivity contribution in [3.63, 3.8) is 0 Å². The van der Waals surface area contributed by atoms with Gasteiger partial charge in [0.05, 0.1) is 5.02 Å². The molecule has 44 heavy (non-hydrogen) atoms. The number of pyridine rings is 2. The predicted molar refractivity (Wildman–Crippen MR) is 181 cm³/mol. The minimum Gasteiger partial charge on any atom is -0.434 e. The molecule has 1 saturated heterocycles. The Morgan fingerprint density at radius 1 is 0.932 bits per heavy atom. The third kappa shape index (κ3) is 5.36. The second kappa shape index (κ2) is 11.9. The molecule has 0 atom stereocenters. The van der Waals surface area contributed by atoms with Gasteiger partial charge in [-0.3, -0.25) is 9.88 Å². The van der Waals surface area contributed by atoms with Gasteiger partial charge in [0.15, 0.2) is 11.4 Å². The maximum Gasteiger partial charge on any atom is 0.227 e. The standard InChI is InChI=1S/C37H34ClN5O/c1-4-25-18-27-14-15-39-36(34(27)40-21-25)41-32-13-9-11-29(24(32)3)28-10-8-12-30(23(28)2)37-42-33-20-26(19-31(38)35(33)44-37)22-43-16-6-5-7-17-43/h4,8-15,18-21H,1,5-7,16-17,22H2,2-3H3,(H,39,41). The summed E-state index contributed by atoms with van der Waals surface area (Å²) < 4.78 is 6.30. The Kier molecular flexibility index (Phi) is 7.62. The van der Waals surface area contributed by atoms with E-state index in [1.54, 1.807) is 12.3 Å². The first-order chi connectivity index (χ1) is 21.5. The first-order valence-electron chi connectivity index (χ1n) is 15.1. The third-order valence-corrected chi connectivity index (χ3v) is 8.94. The SMILES string of the molecule is C=Cc1cnc2c(Nc3cccc(-c4cccc(-c5nc6cc(CN7CCCCC7)cc(Cl)c6o5)c4C)c3C)nccc2c1. The molecule has 220 valence electrons. The molecule has 1 aliphatic rings. The van der Waals surface area contributed by atoms with E-state index in [-0.39, 0.29) is 0 Å². The van der Waals surface area contributed by atoms with Gasteiger partial charge in [0.2, 0.25) is 5.89 Å². The number of nitrogens with one attached hydrogen (secondary N) is 1. The highest BCUT2D eigenvalue weighted by Gasteiger charge is 2.19. The second-order valence-electron chi connectivity index (χ2n) is 11.6. The highest BCUT2D eigenvalue weighted by atomic mass is 35.5. The minimum absolute atomic E-state index is 0.577. The number of likely N-dealkylation sites (tertiary alicyclic amines) is 1. The van der Waals surface area contributed by atoms with Gasteiger partial charge in [-0.25, -0.2) is 9.97 Å². The van der Waals surface area contributed by atoms with Crippen LogP contribution in [0, 0.1) is 13.8 Å². The number of nitrogens with zero attached hydrogens (tertiary/aromatic N) is 4. The van der Waals surface area contributed by atoms with E-state index in [1.807, 2.05) is 18.3 Å². The topological polar surface area (TPSA) is 67.1 Å². The van der Waals surface area contributed by atoms with E-state index in [0.29, 0.717) is 22.3 Å². The van der Waals surface area contributed by atoms with Crippen molar-refractivity contribution >= 4 is 51.2 Å². The molecule has 0 spiro atoms. The number of aromatic nitrogens is 3. The Bertz CT molecular complexity index is 2020. The molecule has 0 radical (unpaired) electrons. The fraction of sp³-hybridized carbons (Fsp3) is 0.216.